The van der Waals surface area contributed by atoms with Crippen LogP contribution in [-0.2, 0) is 4.74 Å². The molecule has 0 aromatic carbocycles. The van der Waals surface area contributed by atoms with Gasteiger partial charge in [0.25, 0.3) is 0 Å². The minimum absolute atomic E-state index is 0.0972. The van der Waals surface area contributed by atoms with E-state index in [1.54, 1.807) is 12.4 Å². The van der Waals surface area contributed by atoms with Crippen LogP contribution in [0, 0.1) is 0 Å². The van der Waals surface area contributed by atoms with Gasteiger partial charge in [-0.2, -0.15) is 0 Å². The fraction of sp³-hybridized carbons (Fsp3) is 0.556. The first-order chi connectivity index (χ1) is 7.27. The minimum atomic E-state index is -0.224. The monoisotopic (exact) mass is 272 g/mol. The van der Waals surface area contributed by atoms with Gasteiger partial charge < -0.3 is 15.8 Å². The summed E-state index contributed by atoms with van der Waals surface area (Å²) in [6.45, 7) is 2.18. The molecule has 1 aliphatic rings. The molecule has 3 N–H and O–H groups in total. The van der Waals surface area contributed by atoms with Crippen LogP contribution in [0.25, 0.3) is 0 Å². The first-order valence-electron chi connectivity index (χ1n) is 4.81. The van der Waals surface area contributed by atoms with Gasteiger partial charge in [0.2, 0.25) is 0 Å². The number of aromatic nitrogens is 2. The van der Waals surface area contributed by atoms with Crippen LogP contribution in [0.5, 0.6) is 0 Å². The third-order valence-electron chi connectivity index (χ3n) is 2.32. The number of hydrogen-bond donors (Lipinski definition) is 2. The number of nitrogens with zero attached hydrogens (tertiary/aromatic N) is 2. The molecule has 5 nitrogen and oxygen atoms in total. The van der Waals surface area contributed by atoms with Gasteiger partial charge >= 0.3 is 0 Å². The fourth-order valence-electron chi connectivity index (χ4n) is 1.49. The van der Waals surface area contributed by atoms with E-state index in [0.29, 0.717) is 12.4 Å². The molecule has 2 unspecified atom stereocenters. The fourth-order valence-corrected chi connectivity index (χ4v) is 1.70. The Morgan fingerprint density at radius 2 is 2.27 bits per heavy atom. The second-order valence-corrected chi connectivity index (χ2v) is 4.34. The number of hydrogen-bond acceptors (Lipinski definition) is 5. The zero-order chi connectivity index (χ0) is 10.7. The topological polar surface area (TPSA) is 73.1 Å². The van der Waals surface area contributed by atoms with Gasteiger partial charge in [0, 0.05) is 18.9 Å². The van der Waals surface area contributed by atoms with Crippen molar-refractivity contribution in [1.29, 1.82) is 0 Å². The van der Waals surface area contributed by atoms with Crippen molar-refractivity contribution in [1.82, 2.24) is 15.3 Å². The zero-order valence-corrected chi connectivity index (χ0v) is 9.77. The highest BCUT2D eigenvalue weighted by Crippen LogP contribution is 2.13. The van der Waals surface area contributed by atoms with Gasteiger partial charge in [0.15, 0.2) is 0 Å². The van der Waals surface area contributed by atoms with Crippen LogP contribution in [0.15, 0.2) is 16.9 Å². The summed E-state index contributed by atoms with van der Waals surface area (Å²) in [5.74, 6) is 0.640. The number of rotatable bonds is 2. The summed E-state index contributed by atoms with van der Waals surface area (Å²) in [4.78, 5) is 8.35. The van der Waals surface area contributed by atoms with Crippen molar-refractivity contribution in [3.05, 3.63) is 22.7 Å². The van der Waals surface area contributed by atoms with E-state index < -0.39 is 0 Å². The van der Waals surface area contributed by atoms with Crippen molar-refractivity contribution in [2.45, 2.75) is 12.1 Å². The third-order valence-corrected chi connectivity index (χ3v) is 2.73. The average molecular weight is 273 g/mol. The molecule has 82 valence electrons. The van der Waals surface area contributed by atoms with Crippen molar-refractivity contribution in [2.75, 3.05) is 19.8 Å². The summed E-state index contributed by atoms with van der Waals surface area (Å²) in [5, 5.41) is 3.29. The van der Waals surface area contributed by atoms with Gasteiger partial charge in [-0.3, -0.25) is 0 Å². The highest BCUT2D eigenvalue weighted by molar-refractivity contribution is 9.10. The van der Waals surface area contributed by atoms with E-state index in [4.69, 9.17) is 10.5 Å². The molecule has 1 saturated heterocycles. The first-order valence-corrected chi connectivity index (χ1v) is 5.61. The smallest absolute Gasteiger partial charge is 0.146 e. The van der Waals surface area contributed by atoms with Gasteiger partial charge in [-0.25, -0.2) is 9.97 Å². The van der Waals surface area contributed by atoms with E-state index in [-0.39, 0.29) is 12.1 Å². The molecule has 0 amide bonds. The molecule has 2 heterocycles. The van der Waals surface area contributed by atoms with Crippen molar-refractivity contribution >= 4 is 15.9 Å². The summed E-state index contributed by atoms with van der Waals surface area (Å²) in [6.07, 6.45) is 3.40. The lowest BCUT2D eigenvalue weighted by atomic mass is 10.1. The molecule has 15 heavy (non-hydrogen) atoms. The van der Waals surface area contributed by atoms with Crippen LogP contribution in [-0.4, -0.2) is 35.8 Å². The van der Waals surface area contributed by atoms with Crippen molar-refractivity contribution in [2.24, 2.45) is 5.73 Å². The SMILES string of the molecule is NC(c1ncc(Br)cn1)C1COCCN1. The van der Waals surface area contributed by atoms with E-state index in [0.717, 1.165) is 17.6 Å². The lowest BCUT2D eigenvalue weighted by Gasteiger charge is -2.27. The van der Waals surface area contributed by atoms with E-state index >= 15 is 0 Å². The maximum absolute atomic E-state index is 6.04. The Balaban J connectivity index is 2.05. The Hall–Kier alpha value is -0.560. The standard InChI is InChI=1S/C9H13BrN4O/c10-6-3-13-9(14-4-6)8(11)7-5-15-2-1-12-7/h3-4,7-8,12H,1-2,5,11H2. The summed E-state index contributed by atoms with van der Waals surface area (Å²) < 4.78 is 6.19. The number of nitrogens with one attached hydrogen (secondary N) is 1. The minimum Gasteiger partial charge on any atom is -0.378 e. The first kappa shape index (κ1) is 10.9. The molecule has 0 saturated carbocycles. The summed E-state index contributed by atoms with van der Waals surface area (Å²) in [6, 6.07) is -0.127. The van der Waals surface area contributed by atoms with Gasteiger partial charge in [-0.1, -0.05) is 0 Å². The van der Waals surface area contributed by atoms with Crippen molar-refractivity contribution < 1.29 is 4.74 Å². The van der Waals surface area contributed by atoms with Crippen molar-refractivity contribution in [3.63, 3.8) is 0 Å². The maximum atomic E-state index is 6.04. The Morgan fingerprint density at radius 1 is 1.53 bits per heavy atom. The van der Waals surface area contributed by atoms with Crippen LogP contribution in [0.1, 0.15) is 11.9 Å². The zero-order valence-electron chi connectivity index (χ0n) is 8.19. The Bertz CT molecular complexity index is 312. The highest BCUT2D eigenvalue weighted by atomic mass is 79.9. The summed E-state index contributed by atoms with van der Waals surface area (Å²) in [5.41, 5.74) is 6.04. The Labute approximate surface area is 96.6 Å². The van der Waals surface area contributed by atoms with Crippen molar-refractivity contribution in [3.8, 4) is 0 Å². The van der Waals surface area contributed by atoms with E-state index in [2.05, 4.69) is 31.2 Å². The molecule has 6 heteroatoms. The predicted molar refractivity (Wildman–Crippen MR) is 59.3 cm³/mol. The molecule has 1 aliphatic heterocycles. The largest absolute Gasteiger partial charge is 0.378 e. The second kappa shape index (κ2) is 4.98. The number of ether oxygens (including phenoxy) is 1. The van der Waals surface area contributed by atoms with Crippen LogP contribution in [0.3, 0.4) is 0 Å². The summed E-state index contributed by atoms with van der Waals surface area (Å²) >= 11 is 3.28. The molecule has 1 fully saturated rings. The molecule has 1 aromatic heterocycles. The van der Waals surface area contributed by atoms with Crippen LogP contribution < -0.4 is 11.1 Å². The van der Waals surface area contributed by atoms with Crippen LogP contribution >= 0.6 is 15.9 Å². The number of morpholine rings is 1. The van der Waals surface area contributed by atoms with Gasteiger partial charge in [-0.05, 0) is 15.9 Å². The van der Waals surface area contributed by atoms with E-state index in [1.165, 1.54) is 0 Å². The molecular formula is C9H13BrN4O. The molecule has 1 aromatic rings. The quantitative estimate of drug-likeness (QED) is 0.806. The number of halogens is 1. The van der Waals surface area contributed by atoms with Crippen LogP contribution in [0.2, 0.25) is 0 Å². The predicted octanol–water partition coefficient (Wildman–Crippen LogP) is 0.227. The summed E-state index contributed by atoms with van der Waals surface area (Å²) in [7, 11) is 0. The lowest BCUT2D eigenvalue weighted by molar-refractivity contribution is 0.0675. The Morgan fingerprint density at radius 3 is 2.87 bits per heavy atom. The van der Waals surface area contributed by atoms with E-state index in [9.17, 15) is 0 Å². The Kier molecular flexibility index (Phi) is 3.63. The molecule has 0 bridgehead atoms. The molecular weight excluding hydrogens is 260 g/mol. The normalized spacial score (nSPS) is 23.7. The number of nitrogens with two attached hydrogens (primary N) is 1. The van der Waals surface area contributed by atoms with Gasteiger partial charge in [-0.15, -0.1) is 0 Å². The highest BCUT2D eigenvalue weighted by Gasteiger charge is 2.23. The molecule has 0 aliphatic carbocycles. The molecule has 2 rings (SSSR count). The lowest BCUT2D eigenvalue weighted by Crippen LogP contribution is -2.48. The molecule has 0 spiro atoms. The van der Waals surface area contributed by atoms with Crippen LogP contribution in [0.4, 0.5) is 0 Å². The second-order valence-electron chi connectivity index (χ2n) is 3.42. The van der Waals surface area contributed by atoms with Gasteiger partial charge in [0.05, 0.1) is 29.8 Å². The average Bonchev–Trinajstić information content (AvgIpc) is 2.30. The van der Waals surface area contributed by atoms with E-state index in [1.807, 2.05) is 0 Å². The molecule has 2 atom stereocenters. The molecule has 0 radical (unpaired) electrons. The third kappa shape index (κ3) is 2.72. The maximum Gasteiger partial charge on any atom is 0.146 e. The van der Waals surface area contributed by atoms with Gasteiger partial charge in [0.1, 0.15) is 5.82 Å².